The predicted octanol–water partition coefficient (Wildman–Crippen LogP) is 3.63. The topological polar surface area (TPSA) is 24.9 Å². The molecule has 0 amide bonds. The van der Waals surface area contributed by atoms with Crippen LogP contribution in [0.25, 0.3) is 0 Å². The van der Waals surface area contributed by atoms with Gasteiger partial charge >= 0.3 is 0 Å². The molecule has 84 valence electrons. The van der Waals surface area contributed by atoms with E-state index in [0.717, 1.165) is 13.0 Å². The van der Waals surface area contributed by atoms with Crippen LogP contribution in [0.15, 0.2) is 30.5 Å². The minimum atomic E-state index is 0.864. The molecule has 0 bridgehead atoms. The highest BCUT2D eigenvalue weighted by molar-refractivity contribution is 7.11. The number of aromatic nitrogens is 1. The van der Waals surface area contributed by atoms with Crippen molar-refractivity contribution >= 4 is 17.0 Å². The van der Waals surface area contributed by atoms with E-state index in [9.17, 15) is 0 Å². The molecule has 1 heterocycles. The molecule has 0 unspecified atom stereocenters. The van der Waals surface area contributed by atoms with Gasteiger partial charge in [0.25, 0.3) is 0 Å². The molecule has 1 aromatic heterocycles. The van der Waals surface area contributed by atoms with Crippen LogP contribution < -0.4 is 5.32 Å². The summed E-state index contributed by atoms with van der Waals surface area (Å²) in [5.74, 6) is 0. The van der Waals surface area contributed by atoms with Crippen molar-refractivity contribution in [2.75, 3.05) is 5.32 Å². The van der Waals surface area contributed by atoms with Crippen molar-refractivity contribution in [3.05, 3.63) is 45.9 Å². The number of anilines is 1. The first-order valence-corrected chi connectivity index (χ1v) is 6.34. The molecule has 0 aliphatic heterocycles. The molecule has 3 heteroatoms. The molecular weight excluding hydrogens is 216 g/mol. The van der Waals surface area contributed by atoms with Crippen LogP contribution in [0.2, 0.25) is 0 Å². The monoisotopic (exact) mass is 232 g/mol. The van der Waals surface area contributed by atoms with Gasteiger partial charge in [-0.05, 0) is 25.0 Å². The number of rotatable bonds is 4. The molecule has 16 heavy (non-hydrogen) atoms. The highest BCUT2D eigenvalue weighted by Crippen LogP contribution is 2.17. The number of hydrogen-bond donors (Lipinski definition) is 1. The van der Waals surface area contributed by atoms with Crippen molar-refractivity contribution < 1.29 is 0 Å². The molecule has 0 aliphatic carbocycles. The van der Waals surface area contributed by atoms with Gasteiger partial charge in [0, 0.05) is 16.8 Å². The van der Waals surface area contributed by atoms with Crippen molar-refractivity contribution in [3.63, 3.8) is 0 Å². The van der Waals surface area contributed by atoms with Gasteiger partial charge < -0.3 is 5.32 Å². The zero-order valence-electron chi connectivity index (χ0n) is 9.66. The molecule has 0 saturated carbocycles. The summed E-state index contributed by atoms with van der Waals surface area (Å²) in [6.07, 6.45) is 2.99. The van der Waals surface area contributed by atoms with Crippen molar-refractivity contribution in [1.29, 1.82) is 0 Å². The van der Waals surface area contributed by atoms with E-state index in [-0.39, 0.29) is 0 Å². The van der Waals surface area contributed by atoms with Gasteiger partial charge in [0.1, 0.15) is 0 Å². The average molecular weight is 232 g/mol. The Balaban J connectivity index is 1.99. The predicted molar refractivity (Wildman–Crippen MR) is 70.0 cm³/mol. The molecule has 2 rings (SSSR count). The second-order valence-corrected chi connectivity index (χ2v) is 4.94. The fourth-order valence-corrected chi connectivity index (χ4v) is 2.35. The van der Waals surface area contributed by atoms with Gasteiger partial charge in [-0.25, -0.2) is 4.98 Å². The van der Waals surface area contributed by atoms with Gasteiger partial charge in [0.05, 0.1) is 11.6 Å². The summed E-state index contributed by atoms with van der Waals surface area (Å²) in [5.41, 5.74) is 2.48. The third-order valence-corrected chi connectivity index (χ3v) is 3.64. The van der Waals surface area contributed by atoms with Crippen molar-refractivity contribution in [1.82, 2.24) is 4.98 Å². The smallest absolute Gasteiger partial charge is 0.0925 e. The summed E-state index contributed by atoms with van der Waals surface area (Å²) in [7, 11) is 0. The van der Waals surface area contributed by atoms with E-state index in [4.69, 9.17) is 0 Å². The average Bonchev–Trinajstić information content (AvgIpc) is 2.76. The summed E-state index contributed by atoms with van der Waals surface area (Å²) >= 11 is 1.78. The second kappa shape index (κ2) is 5.12. The Morgan fingerprint density at radius 3 is 2.81 bits per heavy atom. The van der Waals surface area contributed by atoms with Crippen LogP contribution in [0.5, 0.6) is 0 Å². The first kappa shape index (κ1) is 11.1. The molecule has 1 aromatic carbocycles. The molecular formula is C13H16N2S. The van der Waals surface area contributed by atoms with E-state index in [1.54, 1.807) is 11.3 Å². The maximum Gasteiger partial charge on any atom is 0.0925 e. The Bertz CT molecular complexity index is 462. The normalized spacial score (nSPS) is 10.4. The second-order valence-electron chi connectivity index (χ2n) is 3.74. The Labute approximate surface area is 100 Å². The van der Waals surface area contributed by atoms with Gasteiger partial charge in [0.2, 0.25) is 0 Å². The standard InChI is InChI=1S/C13H16N2S/c1-3-13-15-9-11(16-13)8-14-12-7-5-4-6-10(12)2/h4-7,9,14H,3,8H2,1-2H3. The van der Waals surface area contributed by atoms with Gasteiger partial charge in [-0.3, -0.25) is 0 Å². The molecule has 2 nitrogen and oxygen atoms in total. The summed E-state index contributed by atoms with van der Waals surface area (Å²) in [6.45, 7) is 5.12. The Morgan fingerprint density at radius 2 is 2.12 bits per heavy atom. The summed E-state index contributed by atoms with van der Waals surface area (Å²) < 4.78 is 0. The number of nitrogens with zero attached hydrogens (tertiary/aromatic N) is 1. The number of aryl methyl sites for hydroxylation is 2. The van der Waals surface area contributed by atoms with Gasteiger partial charge in [-0.2, -0.15) is 0 Å². The first-order chi connectivity index (χ1) is 7.79. The van der Waals surface area contributed by atoms with Crippen LogP contribution in [0, 0.1) is 6.92 Å². The lowest BCUT2D eigenvalue weighted by Gasteiger charge is -2.07. The van der Waals surface area contributed by atoms with Gasteiger partial charge in [-0.1, -0.05) is 25.1 Å². The Hall–Kier alpha value is -1.35. The number of para-hydroxylation sites is 1. The van der Waals surface area contributed by atoms with E-state index >= 15 is 0 Å². The van der Waals surface area contributed by atoms with Crippen LogP contribution in [0.1, 0.15) is 22.4 Å². The zero-order chi connectivity index (χ0) is 11.4. The van der Waals surface area contributed by atoms with Crippen molar-refractivity contribution in [2.45, 2.75) is 26.8 Å². The van der Waals surface area contributed by atoms with E-state index in [1.807, 2.05) is 6.20 Å². The third kappa shape index (κ3) is 2.61. The lowest BCUT2D eigenvalue weighted by Crippen LogP contribution is -1.98. The summed E-state index contributed by atoms with van der Waals surface area (Å²) in [5, 5.41) is 4.65. The van der Waals surface area contributed by atoms with E-state index in [0.29, 0.717) is 0 Å². The number of thiazole rings is 1. The highest BCUT2D eigenvalue weighted by atomic mass is 32.1. The van der Waals surface area contributed by atoms with Crippen molar-refractivity contribution in [2.24, 2.45) is 0 Å². The summed E-state index contributed by atoms with van der Waals surface area (Å²) in [6, 6.07) is 8.34. The zero-order valence-corrected chi connectivity index (χ0v) is 10.5. The SMILES string of the molecule is CCc1ncc(CNc2ccccc2C)s1. The third-order valence-electron chi connectivity index (χ3n) is 2.50. The molecule has 0 fully saturated rings. The van der Waals surface area contributed by atoms with Crippen molar-refractivity contribution in [3.8, 4) is 0 Å². The van der Waals surface area contributed by atoms with E-state index in [1.165, 1.54) is 21.1 Å². The van der Waals surface area contributed by atoms with Crippen LogP contribution >= 0.6 is 11.3 Å². The molecule has 2 aromatic rings. The number of nitrogens with one attached hydrogen (secondary N) is 1. The minimum Gasteiger partial charge on any atom is -0.380 e. The van der Waals surface area contributed by atoms with Gasteiger partial charge in [0.15, 0.2) is 0 Å². The minimum absolute atomic E-state index is 0.864. The lowest BCUT2D eigenvalue weighted by molar-refractivity contribution is 1.09. The maximum atomic E-state index is 4.35. The quantitative estimate of drug-likeness (QED) is 0.870. The largest absolute Gasteiger partial charge is 0.380 e. The molecule has 0 saturated heterocycles. The number of hydrogen-bond acceptors (Lipinski definition) is 3. The Kier molecular flexibility index (Phi) is 3.57. The fraction of sp³-hybridized carbons (Fsp3) is 0.308. The highest BCUT2D eigenvalue weighted by Gasteiger charge is 2.01. The molecule has 0 spiro atoms. The van der Waals surface area contributed by atoms with E-state index in [2.05, 4.69) is 48.4 Å². The van der Waals surface area contributed by atoms with E-state index < -0.39 is 0 Å². The lowest BCUT2D eigenvalue weighted by atomic mass is 10.2. The number of benzene rings is 1. The molecule has 0 atom stereocenters. The van der Waals surface area contributed by atoms with Crippen LogP contribution in [0.4, 0.5) is 5.69 Å². The maximum absolute atomic E-state index is 4.35. The van der Waals surface area contributed by atoms with Crippen LogP contribution in [-0.4, -0.2) is 4.98 Å². The molecule has 0 radical (unpaired) electrons. The Morgan fingerprint density at radius 1 is 1.31 bits per heavy atom. The molecule has 1 N–H and O–H groups in total. The molecule has 0 aliphatic rings. The summed E-state index contributed by atoms with van der Waals surface area (Å²) in [4.78, 5) is 5.64. The first-order valence-electron chi connectivity index (χ1n) is 5.52. The van der Waals surface area contributed by atoms with Crippen LogP contribution in [0.3, 0.4) is 0 Å². The van der Waals surface area contributed by atoms with Crippen LogP contribution in [-0.2, 0) is 13.0 Å². The van der Waals surface area contributed by atoms with Gasteiger partial charge in [-0.15, -0.1) is 11.3 Å². The fourth-order valence-electron chi connectivity index (χ4n) is 1.55.